The molecule has 2 unspecified atom stereocenters. The van der Waals surface area contributed by atoms with Crippen LogP contribution in [-0.2, 0) is 4.79 Å². The van der Waals surface area contributed by atoms with Crippen LogP contribution in [0.15, 0.2) is 42.5 Å². The van der Waals surface area contributed by atoms with Gasteiger partial charge in [0.25, 0.3) is 5.19 Å². The molecule has 1 aromatic heterocycles. The van der Waals surface area contributed by atoms with Crippen molar-refractivity contribution in [2.75, 3.05) is 13.2 Å². The van der Waals surface area contributed by atoms with E-state index in [1.807, 2.05) is 24.3 Å². The normalized spacial score (nSPS) is 22.8. The Morgan fingerprint density at radius 2 is 1.88 bits per heavy atom. The molecule has 2 aromatic carbocycles. The number of piperidine rings is 1. The van der Waals surface area contributed by atoms with Gasteiger partial charge < -0.3 is 14.8 Å². The number of amides is 1. The summed E-state index contributed by atoms with van der Waals surface area (Å²) in [4.78, 5) is 18.2. The summed E-state index contributed by atoms with van der Waals surface area (Å²) in [6.45, 7) is 3.11. The van der Waals surface area contributed by atoms with E-state index in [9.17, 15) is 9.18 Å². The molecule has 6 nitrogen and oxygen atoms in total. The van der Waals surface area contributed by atoms with Crippen molar-refractivity contribution < 1.29 is 18.7 Å². The lowest BCUT2D eigenvalue weighted by atomic mass is 9.97. The lowest BCUT2D eigenvalue weighted by molar-refractivity contribution is -0.120. The summed E-state index contributed by atoms with van der Waals surface area (Å²) in [5.41, 5.74) is 0.597. The Morgan fingerprint density at radius 1 is 1.16 bits per heavy atom. The van der Waals surface area contributed by atoms with E-state index >= 15 is 0 Å². The van der Waals surface area contributed by atoms with Crippen LogP contribution in [0.3, 0.4) is 0 Å². The molecule has 32 heavy (non-hydrogen) atoms. The van der Waals surface area contributed by atoms with Gasteiger partial charge in [0.15, 0.2) is 0 Å². The quantitative estimate of drug-likeness (QED) is 0.558. The SMILES string of the molecule is CC(=O)NC1CC2CCC(C1)N2CCOc1ccc(Oc2nc3cc(F)ccc3s2)cc1. The van der Waals surface area contributed by atoms with Crippen LogP contribution in [0, 0.1) is 5.82 Å². The summed E-state index contributed by atoms with van der Waals surface area (Å²) in [5.74, 6) is 1.22. The molecule has 168 valence electrons. The van der Waals surface area contributed by atoms with Crippen LogP contribution >= 0.6 is 11.3 Å². The molecular formula is C24H26FN3O3S. The maximum Gasteiger partial charge on any atom is 0.279 e. The second kappa shape index (κ2) is 9.03. The second-order valence-corrected chi connectivity index (χ2v) is 9.50. The number of rotatable bonds is 7. The number of fused-ring (bicyclic) bond motifs is 3. The fourth-order valence-electron chi connectivity index (χ4n) is 4.94. The second-order valence-electron chi connectivity index (χ2n) is 8.51. The van der Waals surface area contributed by atoms with E-state index in [-0.39, 0.29) is 11.7 Å². The third-order valence-corrected chi connectivity index (χ3v) is 7.18. The van der Waals surface area contributed by atoms with E-state index in [0.717, 1.165) is 29.8 Å². The molecule has 2 saturated heterocycles. The predicted molar refractivity (Wildman–Crippen MR) is 122 cm³/mol. The Kier molecular flexibility index (Phi) is 5.97. The highest BCUT2D eigenvalue weighted by Crippen LogP contribution is 2.36. The van der Waals surface area contributed by atoms with Crippen molar-refractivity contribution in [3.05, 3.63) is 48.3 Å². The van der Waals surface area contributed by atoms with Gasteiger partial charge in [-0.3, -0.25) is 9.69 Å². The first-order chi connectivity index (χ1) is 15.5. The number of carbonyl (C=O) groups is 1. The first-order valence-corrected chi connectivity index (χ1v) is 11.8. The molecule has 3 aromatic rings. The number of halogens is 1. The standard InChI is InChI=1S/C24H26FN3O3S/c1-15(29)26-17-13-18-3-4-19(14-17)28(18)10-11-30-20-5-7-21(8-6-20)31-24-27-22-12-16(25)2-9-23(22)32-24/h2,5-9,12,17-19H,3-4,10-11,13-14H2,1H3,(H,26,29). The summed E-state index contributed by atoms with van der Waals surface area (Å²) in [7, 11) is 0. The number of nitrogens with zero attached hydrogens (tertiary/aromatic N) is 2. The summed E-state index contributed by atoms with van der Waals surface area (Å²) in [6.07, 6.45) is 4.46. The first-order valence-electron chi connectivity index (χ1n) is 11.0. The maximum absolute atomic E-state index is 13.3. The monoisotopic (exact) mass is 455 g/mol. The zero-order valence-electron chi connectivity index (χ0n) is 17.9. The highest BCUT2D eigenvalue weighted by molar-refractivity contribution is 7.20. The molecule has 5 rings (SSSR count). The molecule has 2 fully saturated rings. The third kappa shape index (κ3) is 4.71. The van der Waals surface area contributed by atoms with Gasteiger partial charge in [-0.1, -0.05) is 11.3 Å². The summed E-state index contributed by atoms with van der Waals surface area (Å²) in [6, 6.07) is 13.4. The van der Waals surface area contributed by atoms with Crippen LogP contribution < -0.4 is 14.8 Å². The molecule has 0 radical (unpaired) electrons. The molecule has 3 heterocycles. The number of aromatic nitrogens is 1. The van der Waals surface area contributed by atoms with E-state index in [2.05, 4.69) is 15.2 Å². The van der Waals surface area contributed by atoms with Gasteiger partial charge >= 0.3 is 0 Å². The fraction of sp³-hybridized carbons (Fsp3) is 0.417. The van der Waals surface area contributed by atoms with Gasteiger partial charge in [-0.05, 0) is 62.1 Å². The van der Waals surface area contributed by atoms with Gasteiger partial charge in [-0.15, -0.1) is 0 Å². The largest absolute Gasteiger partial charge is 0.492 e. The Balaban J connectivity index is 1.12. The van der Waals surface area contributed by atoms with Gasteiger partial charge in [0.2, 0.25) is 5.91 Å². The Hall–Kier alpha value is -2.71. The van der Waals surface area contributed by atoms with Crippen molar-refractivity contribution >= 4 is 27.5 Å². The van der Waals surface area contributed by atoms with Crippen LogP contribution in [0.1, 0.15) is 32.6 Å². The van der Waals surface area contributed by atoms with Crippen molar-refractivity contribution in [2.45, 2.75) is 50.7 Å². The van der Waals surface area contributed by atoms with E-state index in [0.29, 0.717) is 41.2 Å². The van der Waals surface area contributed by atoms with Crippen molar-refractivity contribution in [3.63, 3.8) is 0 Å². The van der Waals surface area contributed by atoms with Crippen molar-refractivity contribution in [3.8, 4) is 16.7 Å². The highest BCUT2D eigenvalue weighted by Gasteiger charge is 2.40. The first kappa shape index (κ1) is 21.2. The number of thiazole rings is 1. The van der Waals surface area contributed by atoms with Gasteiger partial charge in [0.05, 0.1) is 10.2 Å². The van der Waals surface area contributed by atoms with Crippen LogP contribution in [-0.4, -0.2) is 47.1 Å². The van der Waals surface area contributed by atoms with Crippen LogP contribution in [0.2, 0.25) is 0 Å². The van der Waals surface area contributed by atoms with Gasteiger partial charge in [0, 0.05) is 37.7 Å². The number of ether oxygens (including phenoxy) is 2. The van der Waals surface area contributed by atoms with Crippen molar-refractivity contribution in [1.29, 1.82) is 0 Å². The molecule has 0 saturated carbocycles. The topological polar surface area (TPSA) is 63.7 Å². The van der Waals surface area contributed by atoms with Crippen LogP contribution in [0.25, 0.3) is 10.2 Å². The molecule has 8 heteroatoms. The Morgan fingerprint density at radius 3 is 2.59 bits per heavy atom. The van der Waals surface area contributed by atoms with Crippen molar-refractivity contribution in [1.82, 2.24) is 15.2 Å². The third-order valence-electron chi connectivity index (χ3n) is 6.27. The zero-order valence-corrected chi connectivity index (χ0v) is 18.7. The minimum absolute atomic E-state index is 0.0654. The van der Waals surface area contributed by atoms with Crippen LogP contribution in [0.4, 0.5) is 4.39 Å². The zero-order chi connectivity index (χ0) is 22.1. The lowest BCUT2D eigenvalue weighted by Gasteiger charge is -2.39. The molecule has 2 atom stereocenters. The maximum atomic E-state index is 13.3. The Labute approximate surface area is 190 Å². The molecule has 1 N–H and O–H groups in total. The molecule has 0 aliphatic carbocycles. The lowest BCUT2D eigenvalue weighted by Crippen LogP contribution is -2.51. The van der Waals surface area contributed by atoms with Crippen molar-refractivity contribution in [2.24, 2.45) is 0 Å². The fourth-order valence-corrected chi connectivity index (χ4v) is 5.76. The van der Waals surface area contributed by atoms with Gasteiger partial charge in [0.1, 0.15) is 23.9 Å². The number of benzene rings is 2. The Bertz CT molecular complexity index is 1090. The average Bonchev–Trinajstić information content (AvgIpc) is 3.25. The van der Waals surface area contributed by atoms with E-state index in [1.165, 1.54) is 36.3 Å². The number of carbonyl (C=O) groups excluding carboxylic acids is 1. The van der Waals surface area contributed by atoms with E-state index in [4.69, 9.17) is 9.47 Å². The van der Waals surface area contributed by atoms with E-state index in [1.54, 1.807) is 13.0 Å². The average molecular weight is 456 g/mol. The number of hydrogen-bond acceptors (Lipinski definition) is 6. The number of nitrogens with one attached hydrogen (secondary N) is 1. The molecular weight excluding hydrogens is 429 g/mol. The van der Waals surface area contributed by atoms with Gasteiger partial charge in [-0.25, -0.2) is 9.37 Å². The molecule has 2 aliphatic rings. The molecule has 2 bridgehead atoms. The van der Waals surface area contributed by atoms with Gasteiger partial charge in [-0.2, -0.15) is 0 Å². The van der Waals surface area contributed by atoms with E-state index < -0.39 is 0 Å². The summed E-state index contributed by atoms with van der Waals surface area (Å²) < 4.78 is 26.0. The summed E-state index contributed by atoms with van der Waals surface area (Å²) >= 11 is 1.38. The molecule has 0 spiro atoms. The van der Waals surface area contributed by atoms with Crippen LogP contribution in [0.5, 0.6) is 16.7 Å². The molecule has 2 aliphatic heterocycles. The smallest absolute Gasteiger partial charge is 0.279 e. The minimum atomic E-state index is -0.305. The predicted octanol–water partition coefficient (Wildman–Crippen LogP) is 4.74. The minimum Gasteiger partial charge on any atom is -0.492 e. The number of hydrogen-bond donors (Lipinski definition) is 1. The molecule has 1 amide bonds. The highest BCUT2D eigenvalue weighted by atomic mass is 32.1. The summed E-state index contributed by atoms with van der Waals surface area (Å²) in [5, 5.41) is 3.57.